The molecule has 2 aliphatic rings. The molecule has 2 atom stereocenters. The van der Waals surface area contributed by atoms with Crippen LogP contribution >= 0.6 is 0 Å². The largest absolute Gasteiger partial charge is 0.339 e. The van der Waals surface area contributed by atoms with Gasteiger partial charge in [0.25, 0.3) is 0 Å². The number of likely N-dealkylation sites (tertiary alicyclic amines) is 1. The van der Waals surface area contributed by atoms with Crippen molar-refractivity contribution in [3.8, 4) is 0 Å². The van der Waals surface area contributed by atoms with E-state index in [2.05, 4.69) is 43.9 Å². The van der Waals surface area contributed by atoms with Crippen LogP contribution in [0.4, 0.5) is 0 Å². The molecule has 6 nitrogen and oxygen atoms in total. The normalized spacial score (nSPS) is 25.1. The van der Waals surface area contributed by atoms with Crippen LogP contribution in [0.2, 0.25) is 0 Å². The molecule has 1 saturated carbocycles. The minimum Gasteiger partial charge on any atom is -0.339 e. The van der Waals surface area contributed by atoms with E-state index in [1.807, 2.05) is 24.8 Å². The van der Waals surface area contributed by atoms with Crippen LogP contribution in [0.3, 0.4) is 0 Å². The van der Waals surface area contributed by atoms with Gasteiger partial charge < -0.3 is 14.0 Å². The van der Waals surface area contributed by atoms with Gasteiger partial charge in [-0.3, -0.25) is 0 Å². The zero-order chi connectivity index (χ0) is 18.1. The number of aromatic nitrogens is 4. The Labute approximate surface area is 159 Å². The molecule has 0 radical (unpaired) electrons. The van der Waals surface area contributed by atoms with Crippen molar-refractivity contribution in [2.45, 2.75) is 37.6 Å². The molecule has 0 bridgehead atoms. The van der Waals surface area contributed by atoms with Gasteiger partial charge in [0.15, 0.2) is 5.82 Å². The first-order valence-electron chi connectivity index (χ1n) is 9.87. The standard InChI is InChI=1S/C21H25N5O/c1-2-5-17(6-3-1)13-19-23-20(27-24-19)21-8-4-7-18(21)14-26(15-21)12-11-25-10-9-22-16-25/h1-3,5-6,9-10,16,18H,4,7-8,11-15H2/t18-,21-/m1/s1. The van der Waals surface area contributed by atoms with Crippen molar-refractivity contribution in [1.82, 2.24) is 24.6 Å². The smallest absolute Gasteiger partial charge is 0.234 e. The summed E-state index contributed by atoms with van der Waals surface area (Å²) in [5.41, 5.74) is 1.27. The zero-order valence-electron chi connectivity index (χ0n) is 15.5. The SMILES string of the molecule is c1ccc(Cc2noc([C@@]34CCC[C@@H]3CN(CCn3ccnc3)C4)n2)cc1. The third-order valence-corrected chi connectivity index (χ3v) is 6.27. The van der Waals surface area contributed by atoms with Crippen LogP contribution < -0.4 is 0 Å². The maximum Gasteiger partial charge on any atom is 0.234 e. The fraction of sp³-hybridized carbons (Fsp3) is 0.476. The highest BCUT2D eigenvalue weighted by Gasteiger charge is 2.53. The molecule has 0 N–H and O–H groups in total. The van der Waals surface area contributed by atoms with Crippen LogP contribution in [0.15, 0.2) is 53.6 Å². The maximum atomic E-state index is 5.82. The lowest BCUT2D eigenvalue weighted by atomic mass is 9.80. The van der Waals surface area contributed by atoms with Crippen LogP contribution in [0.5, 0.6) is 0 Å². The molecular formula is C21H25N5O. The van der Waals surface area contributed by atoms with Gasteiger partial charge >= 0.3 is 0 Å². The van der Waals surface area contributed by atoms with Crippen molar-refractivity contribution in [3.05, 3.63) is 66.3 Å². The molecule has 27 heavy (non-hydrogen) atoms. The zero-order valence-corrected chi connectivity index (χ0v) is 15.5. The van der Waals surface area contributed by atoms with Gasteiger partial charge in [-0.2, -0.15) is 4.98 Å². The van der Waals surface area contributed by atoms with Gasteiger partial charge in [0.1, 0.15) is 0 Å². The summed E-state index contributed by atoms with van der Waals surface area (Å²) in [6, 6.07) is 10.4. The van der Waals surface area contributed by atoms with Gasteiger partial charge in [-0.25, -0.2) is 4.98 Å². The third-order valence-electron chi connectivity index (χ3n) is 6.27. The van der Waals surface area contributed by atoms with Crippen LogP contribution in [0.25, 0.3) is 0 Å². The summed E-state index contributed by atoms with van der Waals surface area (Å²) in [5.74, 6) is 2.29. The van der Waals surface area contributed by atoms with E-state index in [1.165, 1.54) is 18.4 Å². The van der Waals surface area contributed by atoms with Crippen LogP contribution in [0, 0.1) is 5.92 Å². The van der Waals surface area contributed by atoms with E-state index in [4.69, 9.17) is 9.51 Å². The Kier molecular flexibility index (Phi) is 4.28. The molecule has 1 saturated heterocycles. The second-order valence-electron chi connectivity index (χ2n) is 7.96. The summed E-state index contributed by atoms with van der Waals surface area (Å²) in [4.78, 5) is 11.5. The predicted molar refractivity (Wildman–Crippen MR) is 101 cm³/mol. The third kappa shape index (κ3) is 3.18. The first-order chi connectivity index (χ1) is 13.3. The van der Waals surface area contributed by atoms with Gasteiger partial charge in [-0.15, -0.1) is 0 Å². The number of nitrogens with zero attached hydrogens (tertiary/aromatic N) is 5. The number of imidazole rings is 1. The van der Waals surface area contributed by atoms with Crippen molar-refractivity contribution in [2.24, 2.45) is 5.92 Å². The molecule has 6 heteroatoms. The highest BCUT2D eigenvalue weighted by atomic mass is 16.5. The minimum absolute atomic E-state index is 0.0525. The molecule has 0 spiro atoms. The average Bonchev–Trinajstić information content (AvgIpc) is 3.44. The van der Waals surface area contributed by atoms with E-state index in [1.54, 1.807) is 0 Å². The summed E-state index contributed by atoms with van der Waals surface area (Å²) < 4.78 is 7.97. The summed E-state index contributed by atoms with van der Waals surface area (Å²) in [7, 11) is 0. The molecule has 0 unspecified atom stereocenters. The summed E-state index contributed by atoms with van der Waals surface area (Å²) in [6.07, 6.45) is 10.2. The quantitative estimate of drug-likeness (QED) is 0.674. The number of hydrogen-bond acceptors (Lipinski definition) is 5. The number of hydrogen-bond donors (Lipinski definition) is 0. The lowest BCUT2D eigenvalue weighted by molar-refractivity contribution is 0.244. The Balaban J connectivity index is 1.31. The Morgan fingerprint density at radius 3 is 2.96 bits per heavy atom. The first kappa shape index (κ1) is 16.7. The van der Waals surface area contributed by atoms with Gasteiger partial charge in [0.05, 0.1) is 11.7 Å². The first-order valence-corrected chi connectivity index (χ1v) is 9.87. The van der Waals surface area contributed by atoms with E-state index in [0.29, 0.717) is 5.92 Å². The number of benzene rings is 1. The van der Waals surface area contributed by atoms with E-state index >= 15 is 0 Å². The molecular weight excluding hydrogens is 338 g/mol. The summed E-state index contributed by atoms with van der Waals surface area (Å²) in [5, 5.41) is 4.31. The monoisotopic (exact) mass is 363 g/mol. The number of rotatable bonds is 6. The minimum atomic E-state index is 0.0525. The molecule has 140 valence electrons. The maximum absolute atomic E-state index is 5.82. The van der Waals surface area contributed by atoms with E-state index in [0.717, 1.165) is 50.7 Å². The van der Waals surface area contributed by atoms with Crippen molar-refractivity contribution >= 4 is 0 Å². The van der Waals surface area contributed by atoms with Gasteiger partial charge in [-0.1, -0.05) is 41.9 Å². The molecule has 3 aromatic rings. The Hall–Kier alpha value is -2.47. The van der Waals surface area contributed by atoms with Crippen molar-refractivity contribution < 1.29 is 4.52 Å². The molecule has 2 fully saturated rings. The fourth-order valence-corrected chi connectivity index (χ4v) is 4.90. The second kappa shape index (κ2) is 6.93. The Morgan fingerprint density at radius 2 is 2.11 bits per heavy atom. The average molecular weight is 363 g/mol. The molecule has 1 aliphatic heterocycles. The van der Waals surface area contributed by atoms with E-state index in [-0.39, 0.29) is 5.41 Å². The fourth-order valence-electron chi connectivity index (χ4n) is 4.90. The second-order valence-corrected chi connectivity index (χ2v) is 7.96. The highest BCUT2D eigenvalue weighted by molar-refractivity contribution is 5.21. The number of fused-ring (bicyclic) bond motifs is 1. The lowest BCUT2D eigenvalue weighted by Crippen LogP contribution is -2.33. The highest BCUT2D eigenvalue weighted by Crippen LogP contribution is 2.49. The molecule has 1 aromatic carbocycles. The van der Waals surface area contributed by atoms with Crippen molar-refractivity contribution in [3.63, 3.8) is 0 Å². The molecule has 3 heterocycles. The van der Waals surface area contributed by atoms with Gasteiger partial charge in [0, 0.05) is 45.0 Å². The van der Waals surface area contributed by atoms with Crippen LogP contribution in [-0.2, 0) is 18.4 Å². The van der Waals surface area contributed by atoms with Gasteiger partial charge in [0.2, 0.25) is 5.89 Å². The lowest BCUT2D eigenvalue weighted by Gasteiger charge is -2.24. The predicted octanol–water partition coefficient (Wildman–Crippen LogP) is 2.91. The molecule has 5 rings (SSSR count). The summed E-state index contributed by atoms with van der Waals surface area (Å²) in [6.45, 7) is 4.18. The van der Waals surface area contributed by atoms with Crippen LogP contribution in [0.1, 0.15) is 36.5 Å². The topological polar surface area (TPSA) is 60.0 Å². The molecule has 2 aromatic heterocycles. The summed E-state index contributed by atoms with van der Waals surface area (Å²) >= 11 is 0. The Bertz CT molecular complexity index is 875. The van der Waals surface area contributed by atoms with E-state index < -0.39 is 0 Å². The van der Waals surface area contributed by atoms with Crippen molar-refractivity contribution in [2.75, 3.05) is 19.6 Å². The molecule has 1 aliphatic carbocycles. The molecule has 0 amide bonds. The van der Waals surface area contributed by atoms with Crippen molar-refractivity contribution in [1.29, 1.82) is 0 Å². The van der Waals surface area contributed by atoms with Crippen LogP contribution in [-0.4, -0.2) is 44.2 Å². The van der Waals surface area contributed by atoms with Gasteiger partial charge in [-0.05, 0) is 24.3 Å². The van der Waals surface area contributed by atoms with E-state index in [9.17, 15) is 0 Å². The Morgan fingerprint density at radius 1 is 1.19 bits per heavy atom.